The molecule has 0 fully saturated rings. The van der Waals surface area contributed by atoms with Crippen LogP contribution in [0.15, 0.2) is 53.9 Å². The number of aryl methyl sites for hydroxylation is 1. The molecule has 0 aromatic heterocycles. The van der Waals surface area contributed by atoms with Gasteiger partial charge in [0.15, 0.2) is 0 Å². The van der Waals surface area contributed by atoms with E-state index in [9.17, 15) is 0 Å². The van der Waals surface area contributed by atoms with Gasteiger partial charge in [-0.3, -0.25) is 0 Å². The van der Waals surface area contributed by atoms with Crippen molar-refractivity contribution in [1.29, 1.82) is 0 Å². The molecular formula is C20H27N3OS. The molecule has 4 nitrogen and oxygen atoms in total. The van der Waals surface area contributed by atoms with Crippen molar-refractivity contribution in [3.63, 3.8) is 0 Å². The molecule has 2 aromatic carbocycles. The van der Waals surface area contributed by atoms with Crippen LogP contribution in [0.1, 0.15) is 23.6 Å². The molecule has 0 aliphatic heterocycles. The maximum absolute atomic E-state index is 6.01. The van der Waals surface area contributed by atoms with Crippen LogP contribution in [-0.2, 0) is 11.3 Å². The van der Waals surface area contributed by atoms with Gasteiger partial charge in [-0.2, -0.15) is 0 Å². The number of hydrogen-bond donors (Lipinski definition) is 2. The quantitative estimate of drug-likeness (QED) is 0.306. The summed E-state index contributed by atoms with van der Waals surface area (Å²) in [6, 6.07) is 16.5. The summed E-state index contributed by atoms with van der Waals surface area (Å²) in [5, 5.41) is 7.07. The third kappa shape index (κ3) is 5.81. The first-order chi connectivity index (χ1) is 12.2. The maximum atomic E-state index is 6.01. The van der Waals surface area contributed by atoms with Gasteiger partial charge in [-0.25, -0.2) is 5.84 Å². The van der Waals surface area contributed by atoms with Crippen molar-refractivity contribution in [3.8, 4) is 0 Å². The average molecular weight is 358 g/mol. The largest absolute Gasteiger partial charge is 0.387 e. The highest BCUT2D eigenvalue weighted by Crippen LogP contribution is 2.20. The van der Waals surface area contributed by atoms with Crippen LogP contribution in [0.3, 0.4) is 0 Å². The number of hydrogen-bond acceptors (Lipinski definition) is 5. The average Bonchev–Trinajstić information content (AvgIpc) is 2.65. The van der Waals surface area contributed by atoms with Crippen LogP contribution in [0.2, 0.25) is 0 Å². The molecule has 25 heavy (non-hydrogen) atoms. The molecule has 0 saturated carbocycles. The lowest BCUT2D eigenvalue weighted by molar-refractivity contribution is 0.170. The fourth-order valence-electron chi connectivity index (χ4n) is 2.40. The summed E-state index contributed by atoms with van der Waals surface area (Å²) in [6.07, 6.45) is 0. The van der Waals surface area contributed by atoms with Gasteiger partial charge in [0.1, 0.15) is 0 Å². The molecule has 2 rings (SSSR count). The van der Waals surface area contributed by atoms with Gasteiger partial charge in [0.25, 0.3) is 0 Å². The topological polar surface area (TPSA) is 50.5 Å². The van der Waals surface area contributed by atoms with Gasteiger partial charge >= 0.3 is 0 Å². The summed E-state index contributed by atoms with van der Waals surface area (Å²) in [7, 11) is 1.93. The predicted molar refractivity (Wildman–Crippen MR) is 109 cm³/mol. The molecule has 0 unspecified atom stereocenters. The van der Waals surface area contributed by atoms with E-state index in [1.54, 1.807) is 16.8 Å². The lowest BCUT2D eigenvalue weighted by Crippen LogP contribution is -2.31. The van der Waals surface area contributed by atoms with E-state index in [1.807, 2.05) is 32.2 Å². The Morgan fingerprint density at radius 2 is 1.92 bits per heavy atom. The lowest BCUT2D eigenvalue weighted by atomic mass is 10.1. The van der Waals surface area contributed by atoms with Crippen LogP contribution in [-0.4, -0.2) is 19.5 Å². The molecule has 0 aliphatic carbocycles. The molecule has 0 heterocycles. The van der Waals surface area contributed by atoms with Crippen molar-refractivity contribution in [3.05, 3.63) is 70.6 Å². The number of ether oxygens (including phenoxy) is 1. The number of para-hydroxylation sites is 1. The Morgan fingerprint density at radius 1 is 1.20 bits per heavy atom. The number of benzene rings is 2. The molecule has 0 bridgehead atoms. The van der Waals surface area contributed by atoms with Crippen molar-refractivity contribution in [2.45, 2.75) is 20.5 Å². The van der Waals surface area contributed by atoms with E-state index in [0.717, 1.165) is 23.5 Å². The van der Waals surface area contributed by atoms with Gasteiger partial charge < -0.3 is 15.1 Å². The highest BCUT2D eigenvalue weighted by molar-refractivity contribution is 8.02. The zero-order chi connectivity index (χ0) is 18.1. The van der Waals surface area contributed by atoms with Crippen molar-refractivity contribution in [1.82, 2.24) is 5.32 Å². The fourth-order valence-corrected chi connectivity index (χ4v) is 3.07. The number of nitrogens with zero attached hydrogens (tertiary/aromatic N) is 1. The molecule has 3 N–H and O–H groups in total. The van der Waals surface area contributed by atoms with Crippen LogP contribution in [0, 0.1) is 6.92 Å². The van der Waals surface area contributed by atoms with Crippen LogP contribution in [0.4, 0.5) is 5.69 Å². The number of hydrazine groups is 1. The first-order valence-electron chi connectivity index (χ1n) is 8.40. The third-order valence-corrected chi connectivity index (χ3v) is 4.59. The van der Waals surface area contributed by atoms with E-state index < -0.39 is 0 Å². The molecule has 0 saturated heterocycles. The second kappa shape index (κ2) is 10.1. The highest BCUT2D eigenvalue weighted by atomic mass is 32.2. The SMILES string of the molecule is CCN(N)c1ccccc1COCS/C=C(\NC)c1ccc(C)cc1. The predicted octanol–water partition coefficient (Wildman–Crippen LogP) is 4.12. The minimum atomic E-state index is 0.546. The van der Waals surface area contributed by atoms with Gasteiger partial charge in [0.2, 0.25) is 0 Å². The van der Waals surface area contributed by atoms with E-state index in [-0.39, 0.29) is 0 Å². The molecule has 0 spiro atoms. The Hall–Kier alpha value is -1.95. The van der Waals surface area contributed by atoms with Crippen LogP contribution >= 0.6 is 11.8 Å². The molecule has 0 atom stereocenters. The van der Waals surface area contributed by atoms with Crippen LogP contribution in [0.25, 0.3) is 5.70 Å². The highest BCUT2D eigenvalue weighted by Gasteiger charge is 2.06. The Labute approximate surface area is 155 Å². The molecule has 0 amide bonds. The van der Waals surface area contributed by atoms with E-state index in [4.69, 9.17) is 10.6 Å². The minimum absolute atomic E-state index is 0.546. The van der Waals surface area contributed by atoms with Crippen molar-refractivity contribution in [2.24, 2.45) is 5.84 Å². The molecule has 5 heteroatoms. The first-order valence-corrected chi connectivity index (χ1v) is 9.45. The van der Waals surface area contributed by atoms with Gasteiger partial charge in [-0.1, -0.05) is 48.0 Å². The standard InChI is InChI=1S/C20H27N3OS/c1-4-23(21)20-8-6-5-7-18(20)13-24-15-25-14-19(22-3)17-11-9-16(2)10-12-17/h5-12,14,22H,4,13,15,21H2,1-3H3/b19-14-. The summed E-state index contributed by atoms with van der Waals surface area (Å²) >= 11 is 1.63. The molecule has 0 radical (unpaired) electrons. The van der Waals surface area contributed by atoms with Crippen molar-refractivity contribution < 1.29 is 4.74 Å². The normalized spacial score (nSPS) is 11.4. The number of rotatable bonds is 9. The van der Waals surface area contributed by atoms with Crippen molar-refractivity contribution in [2.75, 3.05) is 24.5 Å². The number of nitrogens with one attached hydrogen (secondary N) is 1. The second-order valence-electron chi connectivity index (χ2n) is 5.70. The summed E-state index contributed by atoms with van der Waals surface area (Å²) in [4.78, 5) is 0. The zero-order valence-electron chi connectivity index (χ0n) is 15.2. The van der Waals surface area contributed by atoms with E-state index in [2.05, 4.69) is 48.0 Å². The van der Waals surface area contributed by atoms with Gasteiger partial charge in [-0.05, 0) is 30.9 Å². The van der Waals surface area contributed by atoms with Crippen molar-refractivity contribution >= 4 is 23.1 Å². The van der Waals surface area contributed by atoms with Crippen LogP contribution in [0.5, 0.6) is 0 Å². The Morgan fingerprint density at radius 3 is 2.60 bits per heavy atom. The molecule has 0 aliphatic rings. The Kier molecular flexibility index (Phi) is 7.85. The zero-order valence-corrected chi connectivity index (χ0v) is 16.0. The molecular weight excluding hydrogens is 330 g/mol. The van der Waals surface area contributed by atoms with E-state index >= 15 is 0 Å². The molecule has 2 aromatic rings. The number of thioether (sulfide) groups is 1. The summed E-state index contributed by atoms with van der Waals surface area (Å²) in [6.45, 7) is 5.43. The van der Waals surface area contributed by atoms with E-state index in [0.29, 0.717) is 12.5 Å². The van der Waals surface area contributed by atoms with Gasteiger partial charge in [-0.15, -0.1) is 11.8 Å². The number of nitrogens with two attached hydrogens (primary N) is 1. The Bertz CT molecular complexity index is 686. The summed E-state index contributed by atoms with van der Waals surface area (Å²) < 4.78 is 5.81. The van der Waals surface area contributed by atoms with E-state index in [1.165, 1.54) is 11.1 Å². The third-order valence-electron chi connectivity index (χ3n) is 3.88. The second-order valence-corrected chi connectivity index (χ2v) is 6.50. The molecule has 134 valence electrons. The lowest BCUT2D eigenvalue weighted by Gasteiger charge is -2.19. The smallest absolute Gasteiger partial charge is 0.0966 e. The summed E-state index contributed by atoms with van der Waals surface area (Å²) in [5.41, 5.74) is 5.64. The van der Waals surface area contributed by atoms with Crippen LogP contribution < -0.4 is 16.2 Å². The maximum Gasteiger partial charge on any atom is 0.0966 e. The first kappa shape index (κ1) is 19.4. The monoisotopic (exact) mass is 357 g/mol. The minimum Gasteiger partial charge on any atom is -0.387 e. The number of anilines is 1. The summed E-state index contributed by atoms with van der Waals surface area (Å²) in [5.74, 6) is 6.60. The fraction of sp³-hybridized carbons (Fsp3) is 0.300. The van der Waals surface area contributed by atoms with Gasteiger partial charge in [0, 0.05) is 24.9 Å². The Balaban J connectivity index is 1.87. The van der Waals surface area contributed by atoms with Gasteiger partial charge in [0.05, 0.1) is 18.2 Å².